The standard InChI is InChI=1S/C18H18N2O3/c21-18(14-4-1-2-8-19-14)20-9-3-5-15(20)13-6-7-16-17(12-13)23-11-10-22-16/h1-2,4,6-8,12,15H,3,5,9-11H2/t15-/m1/s1. The third kappa shape index (κ3) is 2.63. The van der Waals surface area contributed by atoms with Crippen LogP contribution in [-0.4, -0.2) is 35.5 Å². The van der Waals surface area contributed by atoms with Crippen LogP contribution in [-0.2, 0) is 0 Å². The Kier molecular flexibility index (Phi) is 3.61. The highest BCUT2D eigenvalue weighted by molar-refractivity contribution is 5.92. The van der Waals surface area contributed by atoms with Crippen LogP contribution in [0, 0.1) is 0 Å². The molecule has 0 radical (unpaired) electrons. The minimum Gasteiger partial charge on any atom is -0.486 e. The third-order valence-corrected chi connectivity index (χ3v) is 4.35. The molecule has 2 aromatic rings. The van der Waals surface area contributed by atoms with Crippen molar-refractivity contribution >= 4 is 5.91 Å². The van der Waals surface area contributed by atoms with Gasteiger partial charge in [-0.25, -0.2) is 0 Å². The van der Waals surface area contributed by atoms with Crippen LogP contribution in [0.3, 0.4) is 0 Å². The molecule has 0 saturated carbocycles. The highest BCUT2D eigenvalue weighted by Gasteiger charge is 2.31. The van der Waals surface area contributed by atoms with Crippen molar-refractivity contribution in [2.45, 2.75) is 18.9 Å². The predicted molar refractivity (Wildman–Crippen MR) is 84.7 cm³/mol. The minimum atomic E-state index is -0.0111. The monoisotopic (exact) mass is 310 g/mol. The zero-order valence-electron chi connectivity index (χ0n) is 12.8. The molecule has 1 saturated heterocycles. The molecule has 0 spiro atoms. The van der Waals surface area contributed by atoms with E-state index in [0.717, 1.165) is 36.4 Å². The average molecular weight is 310 g/mol. The van der Waals surface area contributed by atoms with Crippen molar-refractivity contribution in [3.05, 3.63) is 53.9 Å². The van der Waals surface area contributed by atoms with Gasteiger partial charge < -0.3 is 14.4 Å². The van der Waals surface area contributed by atoms with Crippen LogP contribution < -0.4 is 9.47 Å². The topological polar surface area (TPSA) is 51.7 Å². The van der Waals surface area contributed by atoms with Crippen LogP contribution >= 0.6 is 0 Å². The largest absolute Gasteiger partial charge is 0.486 e. The van der Waals surface area contributed by atoms with Crippen molar-refractivity contribution in [2.75, 3.05) is 19.8 Å². The maximum atomic E-state index is 12.7. The van der Waals surface area contributed by atoms with Crippen molar-refractivity contribution < 1.29 is 14.3 Å². The molecule has 1 fully saturated rings. The normalized spacial score (nSPS) is 19.7. The Labute approximate surface area is 134 Å². The van der Waals surface area contributed by atoms with Crippen molar-refractivity contribution in [1.29, 1.82) is 0 Å². The first-order chi connectivity index (χ1) is 11.3. The zero-order chi connectivity index (χ0) is 15.6. The number of carbonyl (C=O) groups excluding carboxylic acids is 1. The Hall–Kier alpha value is -2.56. The maximum absolute atomic E-state index is 12.7. The molecule has 2 aliphatic heterocycles. The van der Waals surface area contributed by atoms with Gasteiger partial charge in [-0.1, -0.05) is 12.1 Å². The third-order valence-electron chi connectivity index (χ3n) is 4.35. The van der Waals surface area contributed by atoms with Crippen molar-refractivity contribution in [3.63, 3.8) is 0 Å². The Bertz CT molecular complexity index is 717. The van der Waals surface area contributed by atoms with Gasteiger partial charge in [0, 0.05) is 12.7 Å². The fourth-order valence-corrected chi connectivity index (χ4v) is 3.26. The highest BCUT2D eigenvalue weighted by atomic mass is 16.6. The lowest BCUT2D eigenvalue weighted by Gasteiger charge is -2.26. The van der Waals surface area contributed by atoms with Gasteiger partial charge in [-0.15, -0.1) is 0 Å². The smallest absolute Gasteiger partial charge is 0.272 e. The van der Waals surface area contributed by atoms with E-state index in [4.69, 9.17) is 9.47 Å². The van der Waals surface area contributed by atoms with E-state index in [0.29, 0.717) is 18.9 Å². The molecule has 3 heterocycles. The quantitative estimate of drug-likeness (QED) is 0.856. The van der Waals surface area contributed by atoms with Gasteiger partial charge in [0.2, 0.25) is 0 Å². The van der Waals surface area contributed by atoms with Crippen LogP contribution in [0.5, 0.6) is 11.5 Å². The molecule has 5 nitrogen and oxygen atoms in total. The second-order valence-corrected chi connectivity index (χ2v) is 5.77. The van der Waals surface area contributed by atoms with Crippen LogP contribution in [0.4, 0.5) is 0 Å². The second kappa shape index (κ2) is 5.91. The van der Waals surface area contributed by atoms with Crippen LogP contribution in [0.15, 0.2) is 42.6 Å². The molecular formula is C18H18N2O3. The molecule has 1 amide bonds. The number of rotatable bonds is 2. The van der Waals surface area contributed by atoms with Crippen LogP contribution in [0.1, 0.15) is 34.9 Å². The molecule has 0 unspecified atom stereocenters. The number of hydrogen-bond acceptors (Lipinski definition) is 4. The molecule has 1 atom stereocenters. The van der Waals surface area contributed by atoms with E-state index in [9.17, 15) is 4.79 Å². The summed E-state index contributed by atoms with van der Waals surface area (Å²) in [7, 11) is 0. The van der Waals surface area contributed by atoms with Crippen molar-refractivity contribution in [2.24, 2.45) is 0 Å². The summed E-state index contributed by atoms with van der Waals surface area (Å²) in [5, 5.41) is 0. The number of hydrogen-bond donors (Lipinski definition) is 0. The Morgan fingerprint density at radius 1 is 1.13 bits per heavy atom. The van der Waals surface area contributed by atoms with Gasteiger partial charge in [0.1, 0.15) is 18.9 Å². The van der Waals surface area contributed by atoms with Gasteiger partial charge >= 0.3 is 0 Å². The number of ether oxygens (including phenoxy) is 2. The van der Waals surface area contributed by atoms with E-state index in [1.54, 1.807) is 12.3 Å². The van der Waals surface area contributed by atoms with Gasteiger partial charge in [0.05, 0.1) is 6.04 Å². The summed E-state index contributed by atoms with van der Waals surface area (Å²) in [6.45, 7) is 1.91. The summed E-state index contributed by atoms with van der Waals surface area (Å²) in [6, 6.07) is 11.5. The molecule has 0 bridgehead atoms. The second-order valence-electron chi connectivity index (χ2n) is 5.77. The molecule has 5 heteroatoms. The molecular weight excluding hydrogens is 292 g/mol. The summed E-state index contributed by atoms with van der Waals surface area (Å²) < 4.78 is 11.2. The Balaban J connectivity index is 1.62. The molecule has 23 heavy (non-hydrogen) atoms. The lowest BCUT2D eigenvalue weighted by atomic mass is 10.0. The minimum absolute atomic E-state index is 0.0111. The first kappa shape index (κ1) is 14.1. The molecule has 0 N–H and O–H groups in total. The summed E-state index contributed by atoms with van der Waals surface area (Å²) >= 11 is 0. The fraction of sp³-hybridized carbons (Fsp3) is 0.333. The van der Waals surface area contributed by atoms with E-state index in [1.165, 1.54) is 0 Å². The first-order valence-corrected chi connectivity index (χ1v) is 7.94. The number of aromatic nitrogens is 1. The molecule has 4 rings (SSSR count). The van der Waals surface area contributed by atoms with E-state index >= 15 is 0 Å². The highest BCUT2D eigenvalue weighted by Crippen LogP contribution is 2.38. The average Bonchev–Trinajstić information content (AvgIpc) is 3.11. The molecule has 1 aromatic carbocycles. The van der Waals surface area contributed by atoms with Crippen molar-refractivity contribution in [3.8, 4) is 11.5 Å². The predicted octanol–water partition coefficient (Wildman–Crippen LogP) is 2.83. The molecule has 118 valence electrons. The van der Waals surface area contributed by atoms with Gasteiger partial charge in [0.25, 0.3) is 5.91 Å². The van der Waals surface area contributed by atoms with E-state index in [2.05, 4.69) is 4.98 Å². The Morgan fingerprint density at radius 2 is 2.00 bits per heavy atom. The number of likely N-dealkylation sites (tertiary alicyclic amines) is 1. The SMILES string of the molecule is O=C(c1ccccn1)N1CCC[C@@H]1c1ccc2c(c1)OCCO2. The molecule has 0 aliphatic carbocycles. The number of amides is 1. The number of pyridine rings is 1. The Morgan fingerprint density at radius 3 is 2.83 bits per heavy atom. The van der Waals surface area contributed by atoms with E-state index in [-0.39, 0.29) is 11.9 Å². The maximum Gasteiger partial charge on any atom is 0.272 e. The number of benzene rings is 1. The summed E-state index contributed by atoms with van der Waals surface area (Å²) in [5.74, 6) is 1.54. The number of nitrogens with zero attached hydrogens (tertiary/aromatic N) is 2. The van der Waals surface area contributed by atoms with E-state index < -0.39 is 0 Å². The van der Waals surface area contributed by atoms with Gasteiger partial charge in [-0.3, -0.25) is 9.78 Å². The van der Waals surface area contributed by atoms with Crippen LogP contribution in [0.2, 0.25) is 0 Å². The number of carbonyl (C=O) groups is 1. The zero-order valence-corrected chi connectivity index (χ0v) is 12.8. The van der Waals surface area contributed by atoms with E-state index in [1.807, 2.05) is 35.2 Å². The van der Waals surface area contributed by atoms with Crippen LogP contribution in [0.25, 0.3) is 0 Å². The summed E-state index contributed by atoms with van der Waals surface area (Å²) in [6.07, 6.45) is 3.61. The van der Waals surface area contributed by atoms with Gasteiger partial charge in [-0.05, 0) is 42.7 Å². The first-order valence-electron chi connectivity index (χ1n) is 7.94. The lowest BCUT2D eigenvalue weighted by Crippen LogP contribution is -2.31. The molecule has 1 aromatic heterocycles. The summed E-state index contributed by atoms with van der Waals surface area (Å²) in [4.78, 5) is 18.8. The lowest BCUT2D eigenvalue weighted by molar-refractivity contribution is 0.0729. The molecule has 2 aliphatic rings. The number of fused-ring (bicyclic) bond motifs is 1. The summed E-state index contributed by atoms with van der Waals surface area (Å²) in [5.41, 5.74) is 1.59. The fourth-order valence-electron chi connectivity index (χ4n) is 3.26. The van der Waals surface area contributed by atoms with Gasteiger partial charge in [0.15, 0.2) is 11.5 Å². The van der Waals surface area contributed by atoms with Gasteiger partial charge in [-0.2, -0.15) is 0 Å². The van der Waals surface area contributed by atoms with Crippen molar-refractivity contribution in [1.82, 2.24) is 9.88 Å².